The molecular weight excluding hydrogens is 330 g/mol. The summed E-state index contributed by atoms with van der Waals surface area (Å²) < 4.78 is 11.0. The second kappa shape index (κ2) is 11.3. The van der Waals surface area contributed by atoms with E-state index in [1.165, 1.54) is 0 Å². The van der Waals surface area contributed by atoms with Crippen LogP contribution < -0.4 is 20.1 Å². The molecule has 1 aromatic carbocycles. The summed E-state index contributed by atoms with van der Waals surface area (Å²) in [5.74, 6) is 1.30. The van der Waals surface area contributed by atoms with Crippen molar-refractivity contribution in [2.24, 2.45) is 0 Å². The molecule has 0 unspecified atom stereocenters. The molecule has 0 aliphatic rings. The van der Waals surface area contributed by atoms with E-state index in [9.17, 15) is 4.79 Å². The van der Waals surface area contributed by atoms with Gasteiger partial charge in [-0.25, -0.2) is 4.98 Å². The smallest absolute Gasteiger partial charge is 0.234 e. The lowest BCUT2D eigenvalue weighted by molar-refractivity contribution is -0.120. The molecule has 7 heteroatoms. The van der Waals surface area contributed by atoms with Crippen molar-refractivity contribution in [2.75, 3.05) is 26.8 Å². The number of ether oxygens (including phenoxy) is 2. The van der Waals surface area contributed by atoms with E-state index in [-0.39, 0.29) is 18.3 Å². The van der Waals surface area contributed by atoms with Crippen molar-refractivity contribution < 1.29 is 14.3 Å². The van der Waals surface area contributed by atoms with Gasteiger partial charge in [0.25, 0.3) is 0 Å². The predicted octanol–water partition coefficient (Wildman–Crippen LogP) is 1.80. The minimum absolute atomic E-state index is 0. The summed E-state index contributed by atoms with van der Waals surface area (Å²) in [6.07, 6.45) is 1.69. The highest BCUT2D eigenvalue weighted by atomic mass is 35.5. The predicted molar refractivity (Wildman–Crippen MR) is 94.7 cm³/mol. The van der Waals surface area contributed by atoms with Gasteiger partial charge < -0.3 is 20.1 Å². The molecule has 0 aliphatic carbocycles. The molecular formula is C17H22ClN3O3. The van der Waals surface area contributed by atoms with Crippen molar-refractivity contribution in [2.45, 2.75) is 6.54 Å². The van der Waals surface area contributed by atoms with Crippen LogP contribution in [0, 0.1) is 0 Å². The van der Waals surface area contributed by atoms with Crippen LogP contribution in [0.5, 0.6) is 11.6 Å². The molecule has 6 nitrogen and oxygen atoms in total. The van der Waals surface area contributed by atoms with E-state index in [0.717, 1.165) is 11.3 Å². The molecule has 0 aliphatic heterocycles. The molecule has 1 amide bonds. The van der Waals surface area contributed by atoms with Crippen molar-refractivity contribution >= 4 is 18.3 Å². The second-order valence-electron chi connectivity index (χ2n) is 4.82. The molecule has 0 fully saturated rings. The third-order valence-electron chi connectivity index (χ3n) is 2.97. The summed E-state index contributed by atoms with van der Waals surface area (Å²) in [6, 6.07) is 13.2. The molecule has 0 spiro atoms. The van der Waals surface area contributed by atoms with Crippen LogP contribution in [0.25, 0.3) is 0 Å². The van der Waals surface area contributed by atoms with E-state index in [1.807, 2.05) is 36.4 Å². The Morgan fingerprint density at radius 3 is 2.50 bits per heavy atom. The number of rotatable bonds is 9. The number of nitrogens with one attached hydrogen (secondary N) is 2. The van der Waals surface area contributed by atoms with Gasteiger partial charge in [-0.05, 0) is 24.7 Å². The van der Waals surface area contributed by atoms with E-state index in [1.54, 1.807) is 19.3 Å². The van der Waals surface area contributed by atoms with Crippen LogP contribution >= 0.6 is 12.4 Å². The van der Waals surface area contributed by atoms with Gasteiger partial charge in [0.2, 0.25) is 11.8 Å². The van der Waals surface area contributed by atoms with E-state index in [4.69, 9.17) is 9.47 Å². The number of hydrogen-bond acceptors (Lipinski definition) is 5. The van der Waals surface area contributed by atoms with Crippen molar-refractivity contribution in [3.05, 3.63) is 54.2 Å². The Kier molecular flexibility index (Phi) is 9.26. The Hall–Kier alpha value is -2.31. The van der Waals surface area contributed by atoms with E-state index < -0.39 is 0 Å². The summed E-state index contributed by atoms with van der Waals surface area (Å²) >= 11 is 0. The van der Waals surface area contributed by atoms with Crippen LogP contribution in [-0.4, -0.2) is 37.7 Å². The van der Waals surface area contributed by atoms with Crippen molar-refractivity contribution in [1.29, 1.82) is 0 Å². The van der Waals surface area contributed by atoms with Gasteiger partial charge in [0.15, 0.2) is 0 Å². The molecule has 0 radical (unpaired) electrons. The lowest BCUT2D eigenvalue weighted by Crippen LogP contribution is -2.31. The molecule has 1 heterocycles. The van der Waals surface area contributed by atoms with Gasteiger partial charge >= 0.3 is 0 Å². The first-order valence-corrected chi connectivity index (χ1v) is 7.45. The monoisotopic (exact) mass is 351 g/mol. The number of aromatic nitrogens is 1. The molecule has 0 saturated heterocycles. The van der Waals surface area contributed by atoms with E-state index in [2.05, 4.69) is 15.6 Å². The third-order valence-corrected chi connectivity index (χ3v) is 2.97. The fourth-order valence-electron chi connectivity index (χ4n) is 1.85. The minimum Gasteiger partial charge on any atom is -0.490 e. The zero-order valence-corrected chi connectivity index (χ0v) is 14.3. The molecule has 2 rings (SSSR count). The van der Waals surface area contributed by atoms with Crippen LogP contribution in [-0.2, 0) is 11.3 Å². The Labute approximate surface area is 148 Å². The quantitative estimate of drug-likeness (QED) is 0.674. The van der Waals surface area contributed by atoms with Gasteiger partial charge in [-0.1, -0.05) is 24.3 Å². The number of halogens is 1. The number of para-hydroxylation sites is 1. The van der Waals surface area contributed by atoms with E-state index >= 15 is 0 Å². The van der Waals surface area contributed by atoms with Gasteiger partial charge in [0.1, 0.15) is 19.0 Å². The number of hydrogen-bond donors (Lipinski definition) is 2. The molecule has 130 valence electrons. The van der Waals surface area contributed by atoms with Crippen LogP contribution in [0.1, 0.15) is 5.56 Å². The standard InChI is InChI=1S/C17H21N3O3.ClH/c1-18-13-16(21)19-11-14-7-8-17(20-12-14)23-10-9-22-15-5-3-2-4-6-15;/h2-8,12,18H,9-11,13H2,1H3,(H,19,21);1H. The summed E-state index contributed by atoms with van der Waals surface area (Å²) in [5.41, 5.74) is 0.919. The molecule has 1 aromatic heterocycles. The summed E-state index contributed by atoms with van der Waals surface area (Å²) in [7, 11) is 1.73. The van der Waals surface area contributed by atoms with Gasteiger partial charge in [0.05, 0.1) is 6.54 Å². The summed E-state index contributed by atoms with van der Waals surface area (Å²) in [5, 5.41) is 5.58. The van der Waals surface area contributed by atoms with Crippen molar-refractivity contribution in [3.8, 4) is 11.6 Å². The minimum atomic E-state index is -0.0501. The fourth-order valence-corrected chi connectivity index (χ4v) is 1.85. The number of carbonyl (C=O) groups is 1. The normalized spacial score (nSPS) is 9.71. The molecule has 24 heavy (non-hydrogen) atoms. The van der Waals surface area contributed by atoms with Gasteiger partial charge in [0, 0.05) is 18.8 Å². The maximum Gasteiger partial charge on any atom is 0.234 e. The zero-order chi connectivity index (χ0) is 16.3. The largest absolute Gasteiger partial charge is 0.490 e. The van der Waals surface area contributed by atoms with Gasteiger partial charge in [-0.2, -0.15) is 0 Å². The number of pyridine rings is 1. The average Bonchev–Trinajstić information content (AvgIpc) is 2.59. The van der Waals surface area contributed by atoms with Crippen LogP contribution in [0.4, 0.5) is 0 Å². The Bertz CT molecular complexity index is 594. The molecule has 0 atom stereocenters. The highest BCUT2D eigenvalue weighted by Gasteiger charge is 2.01. The first-order valence-electron chi connectivity index (χ1n) is 7.45. The maximum atomic E-state index is 11.3. The van der Waals surface area contributed by atoms with Crippen LogP contribution in [0.2, 0.25) is 0 Å². The topological polar surface area (TPSA) is 72.5 Å². The number of nitrogens with zero attached hydrogens (tertiary/aromatic N) is 1. The van der Waals surface area contributed by atoms with Crippen molar-refractivity contribution in [1.82, 2.24) is 15.6 Å². The first-order chi connectivity index (χ1) is 11.3. The lowest BCUT2D eigenvalue weighted by atomic mass is 10.3. The Morgan fingerprint density at radius 1 is 1.08 bits per heavy atom. The first kappa shape index (κ1) is 19.7. The summed E-state index contributed by atoms with van der Waals surface area (Å²) in [4.78, 5) is 15.5. The van der Waals surface area contributed by atoms with Crippen molar-refractivity contribution in [3.63, 3.8) is 0 Å². The lowest BCUT2D eigenvalue weighted by Gasteiger charge is -2.08. The number of benzene rings is 1. The Morgan fingerprint density at radius 2 is 1.83 bits per heavy atom. The molecule has 2 aromatic rings. The number of amides is 1. The second-order valence-corrected chi connectivity index (χ2v) is 4.82. The van der Waals surface area contributed by atoms with Gasteiger partial charge in [-0.15, -0.1) is 12.4 Å². The fraction of sp³-hybridized carbons (Fsp3) is 0.294. The SMILES string of the molecule is CNCC(=O)NCc1ccc(OCCOc2ccccc2)nc1.Cl. The van der Waals surface area contributed by atoms with Crippen LogP contribution in [0.15, 0.2) is 48.7 Å². The van der Waals surface area contributed by atoms with Gasteiger partial charge in [-0.3, -0.25) is 4.79 Å². The zero-order valence-electron chi connectivity index (χ0n) is 13.5. The average molecular weight is 352 g/mol. The molecule has 2 N–H and O–H groups in total. The number of likely N-dealkylation sites (N-methyl/N-ethyl adjacent to an activating group) is 1. The molecule has 0 bridgehead atoms. The highest BCUT2D eigenvalue weighted by molar-refractivity contribution is 5.85. The maximum absolute atomic E-state index is 11.3. The summed E-state index contributed by atoms with van der Waals surface area (Å²) in [6.45, 7) is 1.62. The molecule has 0 saturated carbocycles. The van der Waals surface area contributed by atoms with E-state index in [0.29, 0.717) is 32.2 Å². The third kappa shape index (κ3) is 7.30. The highest BCUT2D eigenvalue weighted by Crippen LogP contribution is 2.09. The number of carbonyl (C=O) groups excluding carboxylic acids is 1. The Balaban J connectivity index is 0.00000288. The van der Waals surface area contributed by atoms with Crippen LogP contribution in [0.3, 0.4) is 0 Å².